The first-order chi connectivity index (χ1) is 8.81. The topological polar surface area (TPSA) is 24.5 Å². The van der Waals surface area contributed by atoms with Gasteiger partial charge in [-0.25, -0.2) is 0 Å². The van der Waals surface area contributed by atoms with Crippen LogP contribution in [0.2, 0.25) is 0 Å². The normalized spacial score (nSPS) is 27.5. The SMILES string of the molecule is CCCNCC1CCC1N(C)CCOCC1CC1. The Labute approximate surface area is 112 Å². The van der Waals surface area contributed by atoms with Gasteiger partial charge in [0.15, 0.2) is 0 Å². The summed E-state index contributed by atoms with van der Waals surface area (Å²) in [6.45, 7) is 7.61. The standard InChI is InChI=1S/C15H30N2O/c1-3-8-16-11-14-6-7-15(14)17(2)9-10-18-12-13-4-5-13/h13-16H,3-12H2,1-2H3. The highest BCUT2D eigenvalue weighted by molar-refractivity contribution is 4.88. The molecule has 2 fully saturated rings. The van der Waals surface area contributed by atoms with Crippen LogP contribution in [-0.4, -0.2) is 50.8 Å². The van der Waals surface area contributed by atoms with Gasteiger partial charge >= 0.3 is 0 Å². The molecule has 2 unspecified atom stereocenters. The molecular formula is C15H30N2O. The van der Waals surface area contributed by atoms with Crippen LogP contribution in [0.15, 0.2) is 0 Å². The minimum atomic E-state index is 0.791. The smallest absolute Gasteiger partial charge is 0.0593 e. The molecule has 2 atom stereocenters. The number of rotatable bonds is 10. The first-order valence-corrected chi connectivity index (χ1v) is 7.80. The molecule has 3 nitrogen and oxygen atoms in total. The van der Waals surface area contributed by atoms with Crippen molar-refractivity contribution in [3.05, 3.63) is 0 Å². The minimum Gasteiger partial charge on any atom is -0.380 e. The average Bonchev–Trinajstić information content (AvgIpc) is 3.13. The lowest BCUT2D eigenvalue weighted by atomic mass is 9.78. The molecule has 2 saturated carbocycles. The Morgan fingerprint density at radius 3 is 2.67 bits per heavy atom. The molecule has 0 heterocycles. The van der Waals surface area contributed by atoms with Gasteiger partial charge in [0.1, 0.15) is 0 Å². The van der Waals surface area contributed by atoms with Crippen LogP contribution in [-0.2, 0) is 4.74 Å². The van der Waals surface area contributed by atoms with E-state index >= 15 is 0 Å². The van der Waals surface area contributed by atoms with Gasteiger partial charge in [0.25, 0.3) is 0 Å². The Kier molecular flexibility index (Phi) is 5.93. The predicted molar refractivity (Wildman–Crippen MR) is 75.8 cm³/mol. The van der Waals surface area contributed by atoms with E-state index < -0.39 is 0 Å². The van der Waals surface area contributed by atoms with Gasteiger partial charge in [0, 0.05) is 19.2 Å². The Balaban J connectivity index is 1.51. The first kappa shape index (κ1) is 14.3. The van der Waals surface area contributed by atoms with Crippen molar-refractivity contribution in [2.24, 2.45) is 11.8 Å². The van der Waals surface area contributed by atoms with Crippen LogP contribution >= 0.6 is 0 Å². The summed E-state index contributed by atoms with van der Waals surface area (Å²) in [5.74, 6) is 1.76. The minimum absolute atomic E-state index is 0.791. The van der Waals surface area contributed by atoms with Crippen molar-refractivity contribution in [3.8, 4) is 0 Å². The molecule has 0 bridgehead atoms. The summed E-state index contributed by atoms with van der Waals surface area (Å²) in [7, 11) is 2.26. The van der Waals surface area contributed by atoms with Crippen LogP contribution in [0.1, 0.15) is 39.0 Å². The molecule has 2 aliphatic rings. The van der Waals surface area contributed by atoms with Gasteiger partial charge in [-0.1, -0.05) is 6.92 Å². The van der Waals surface area contributed by atoms with Crippen molar-refractivity contribution in [1.82, 2.24) is 10.2 Å². The molecular weight excluding hydrogens is 224 g/mol. The van der Waals surface area contributed by atoms with Crippen molar-refractivity contribution in [1.29, 1.82) is 0 Å². The Bertz CT molecular complexity index is 231. The van der Waals surface area contributed by atoms with Crippen molar-refractivity contribution < 1.29 is 4.74 Å². The lowest BCUT2D eigenvalue weighted by Crippen LogP contribution is -2.49. The fourth-order valence-electron chi connectivity index (χ4n) is 2.74. The molecule has 1 N–H and O–H groups in total. The summed E-state index contributed by atoms with van der Waals surface area (Å²) in [5, 5.41) is 3.55. The molecule has 0 aliphatic heterocycles. The number of hydrogen-bond donors (Lipinski definition) is 1. The van der Waals surface area contributed by atoms with Crippen LogP contribution in [0.3, 0.4) is 0 Å². The van der Waals surface area contributed by atoms with E-state index in [1.54, 1.807) is 0 Å². The zero-order valence-electron chi connectivity index (χ0n) is 12.2. The maximum atomic E-state index is 5.72. The molecule has 0 aromatic heterocycles. The highest BCUT2D eigenvalue weighted by Gasteiger charge is 2.33. The fourth-order valence-corrected chi connectivity index (χ4v) is 2.74. The number of likely N-dealkylation sites (N-methyl/N-ethyl adjacent to an activating group) is 1. The second kappa shape index (κ2) is 7.46. The maximum Gasteiger partial charge on any atom is 0.0593 e. The third-order valence-corrected chi connectivity index (χ3v) is 4.42. The molecule has 0 radical (unpaired) electrons. The molecule has 0 aromatic rings. The van der Waals surface area contributed by atoms with E-state index in [0.29, 0.717) is 0 Å². The summed E-state index contributed by atoms with van der Waals surface area (Å²) >= 11 is 0. The van der Waals surface area contributed by atoms with Crippen LogP contribution in [0, 0.1) is 11.8 Å². The van der Waals surface area contributed by atoms with Gasteiger partial charge in [-0.2, -0.15) is 0 Å². The lowest BCUT2D eigenvalue weighted by molar-refractivity contribution is 0.0443. The van der Waals surface area contributed by atoms with Gasteiger partial charge in [0.05, 0.1) is 6.61 Å². The van der Waals surface area contributed by atoms with Gasteiger partial charge in [-0.3, -0.25) is 0 Å². The molecule has 2 rings (SSSR count). The number of hydrogen-bond acceptors (Lipinski definition) is 3. The van der Waals surface area contributed by atoms with Gasteiger partial charge in [-0.15, -0.1) is 0 Å². The quantitative estimate of drug-likeness (QED) is 0.604. The predicted octanol–water partition coefficient (Wildman–Crippen LogP) is 2.12. The molecule has 18 heavy (non-hydrogen) atoms. The fraction of sp³-hybridized carbons (Fsp3) is 1.00. The molecule has 0 saturated heterocycles. The van der Waals surface area contributed by atoms with Gasteiger partial charge in [-0.05, 0) is 64.1 Å². The molecule has 3 heteroatoms. The number of ether oxygens (including phenoxy) is 1. The van der Waals surface area contributed by atoms with Crippen LogP contribution in [0.5, 0.6) is 0 Å². The van der Waals surface area contributed by atoms with Crippen molar-refractivity contribution in [3.63, 3.8) is 0 Å². The highest BCUT2D eigenvalue weighted by atomic mass is 16.5. The summed E-state index contributed by atoms with van der Waals surface area (Å²) in [6, 6.07) is 0.791. The van der Waals surface area contributed by atoms with E-state index in [1.807, 2.05) is 0 Å². The number of nitrogens with zero attached hydrogens (tertiary/aromatic N) is 1. The average molecular weight is 254 g/mol. The second-order valence-corrected chi connectivity index (χ2v) is 6.11. The summed E-state index contributed by atoms with van der Waals surface area (Å²) in [5.41, 5.74) is 0. The molecule has 0 amide bonds. The molecule has 0 spiro atoms. The summed E-state index contributed by atoms with van der Waals surface area (Å²) < 4.78 is 5.72. The Morgan fingerprint density at radius 1 is 1.22 bits per heavy atom. The summed E-state index contributed by atoms with van der Waals surface area (Å²) in [4.78, 5) is 2.51. The second-order valence-electron chi connectivity index (χ2n) is 6.11. The largest absolute Gasteiger partial charge is 0.380 e. The van der Waals surface area contributed by atoms with Crippen molar-refractivity contribution in [2.75, 3.05) is 39.9 Å². The van der Waals surface area contributed by atoms with E-state index in [9.17, 15) is 0 Å². The van der Waals surface area contributed by atoms with Crippen molar-refractivity contribution in [2.45, 2.75) is 45.1 Å². The molecule has 106 valence electrons. The zero-order valence-corrected chi connectivity index (χ0v) is 12.2. The highest BCUT2D eigenvalue weighted by Crippen LogP contribution is 2.31. The third-order valence-electron chi connectivity index (χ3n) is 4.42. The van der Waals surface area contributed by atoms with Gasteiger partial charge < -0.3 is 15.0 Å². The summed E-state index contributed by atoms with van der Waals surface area (Å²) in [6.07, 6.45) is 6.79. The van der Waals surface area contributed by atoms with E-state index in [2.05, 4.69) is 24.2 Å². The first-order valence-electron chi connectivity index (χ1n) is 7.80. The van der Waals surface area contributed by atoms with E-state index in [1.165, 1.54) is 38.6 Å². The van der Waals surface area contributed by atoms with Crippen molar-refractivity contribution >= 4 is 0 Å². The van der Waals surface area contributed by atoms with E-state index in [0.717, 1.165) is 44.2 Å². The Hall–Kier alpha value is -0.120. The lowest BCUT2D eigenvalue weighted by Gasteiger charge is -2.43. The molecule has 0 aromatic carbocycles. The Morgan fingerprint density at radius 2 is 2.06 bits per heavy atom. The third kappa shape index (κ3) is 4.52. The zero-order chi connectivity index (χ0) is 12.8. The monoisotopic (exact) mass is 254 g/mol. The van der Waals surface area contributed by atoms with Crippen LogP contribution in [0.25, 0.3) is 0 Å². The van der Waals surface area contributed by atoms with Gasteiger partial charge in [0.2, 0.25) is 0 Å². The maximum absolute atomic E-state index is 5.72. The van der Waals surface area contributed by atoms with Crippen LogP contribution in [0.4, 0.5) is 0 Å². The molecule has 2 aliphatic carbocycles. The number of nitrogens with one attached hydrogen (secondary N) is 1. The van der Waals surface area contributed by atoms with Crippen LogP contribution < -0.4 is 5.32 Å². The van der Waals surface area contributed by atoms with E-state index in [4.69, 9.17) is 4.74 Å². The van der Waals surface area contributed by atoms with E-state index in [-0.39, 0.29) is 0 Å².